The summed E-state index contributed by atoms with van der Waals surface area (Å²) in [6.07, 6.45) is 2.40. The second-order valence-electron chi connectivity index (χ2n) is 8.51. The highest BCUT2D eigenvalue weighted by Gasteiger charge is 2.24. The van der Waals surface area contributed by atoms with Gasteiger partial charge in [0.05, 0.1) is 11.2 Å². The molecule has 5 nitrogen and oxygen atoms in total. The van der Waals surface area contributed by atoms with E-state index >= 15 is 0 Å². The van der Waals surface area contributed by atoms with E-state index in [4.69, 9.17) is 9.47 Å². The number of hydrogen-bond acceptors (Lipinski definition) is 5. The van der Waals surface area contributed by atoms with E-state index < -0.39 is 11.6 Å². The normalized spacial score (nSPS) is 17.5. The zero-order chi connectivity index (χ0) is 22.1. The van der Waals surface area contributed by atoms with Crippen LogP contribution in [-0.2, 0) is 6.42 Å². The van der Waals surface area contributed by atoms with Crippen LogP contribution in [0.2, 0.25) is 0 Å². The summed E-state index contributed by atoms with van der Waals surface area (Å²) in [5, 5.41) is 4.39. The van der Waals surface area contributed by atoms with Crippen molar-refractivity contribution in [3.05, 3.63) is 59.3 Å². The van der Waals surface area contributed by atoms with Gasteiger partial charge < -0.3 is 19.7 Å². The van der Waals surface area contributed by atoms with E-state index in [1.165, 1.54) is 6.07 Å². The molecule has 32 heavy (non-hydrogen) atoms. The van der Waals surface area contributed by atoms with Crippen LogP contribution in [0.15, 0.2) is 36.4 Å². The van der Waals surface area contributed by atoms with Gasteiger partial charge in [-0.25, -0.2) is 8.78 Å². The minimum absolute atomic E-state index is 0.0921. The number of rotatable bonds is 6. The van der Waals surface area contributed by atoms with Gasteiger partial charge in [0.25, 0.3) is 0 Å². The lowest BCUT2D eigenvalue weighted by atomic mass is 10.0. The predicted octanol–water partition coefficient (Wildman–Crippen LogP) is 4.39. The summed E-state index contributed by atoms with van der Waals surface area (Å²) >= 11 is 0. The first-order valence-corrected chi connectivity index (χ1v) is 11.2. The Kier molecular flexibility index (Phi) is 5.83. The maximum absolute atomic E-state index is 14.3. The van der Waals surface area contributed by atoms with E-state index in [0.717, 1.165) is 78.6 Å². The summed E-state index contributed by atoms with van der Waals surface area (Å²) in [5.41, 5.74) is 3.20. The monoisotopic (exact) mass is 439 g/mol. The Morgan fingerprint density at radius 2 is 2.09 bits per heavy atom. The quantitative estimate of drug-likeness (QED) is 0.577. The highest BCUT2D eigenvalue weighted by molar-refractivity contribution is 5.88. The highest BCUT2D eigenvalue weighted by atomic mass is 19.1. The third-order valence-corrected chi connectivity index (χ3v) is 6.09. The molecule has 2 aliphatic heterocycles. The minimum Gasteiger partial charge on any atom is -0.486 e. The van der Waals surface area contributed by atoms with Gasteiger partial charge in [0, 0.05) is 36.8 Å². The number of ether oxygens (including phenoxy) is 2. The SMILES string of the molecule is Cc1ccc2c3c(ccc2n1)OC[C@H](CNCCCN1CCCc2cc(F)cc(F)c21)O3. The molecular formula is C25H27F2N3O2. The number of nitrogens with zero attached hydrogens (tertiary/aromatic N) is 2. The molecule has 3 heterocycles. The van der Waals surface area contributed by atoms with E-state index in [1.807, 2.05) is 36.1 Å². The molecule has 0 amide bonds. The van der Waals surface area contributed by atoms with Gasteiger partial charge in [0.2, 0.25) is 0 Å². The molecule has 0 spiro atoms. The number of aromatic nitrogens is 1. The number of aryl methyl sites for hydroxylation is 2. The average molecular weight is 440 g/mol. The third-order valence-electron chi connectivity index (χ3n) is 6.09. The summed E-state index contributed by atoms with van der Waals surface area (Å²) < 4.78 is 40.0. The van der Waals surface area contributed by atoms with Crippen molar-refractivity contribution in [2.45, 2.75) is 32.3 Å². The van der Waals surface area contributed by atoms with Crippen molar-refractivity contribution < 1.29 is 18.3 Å². The standard InChI is InChI=1S/C25H27F2N3O2/c1-16-5-6-20-22(29-16)7-8-23-25(20)32-19(15-31-23)14-28-9-3-11-30-10-2-4-17-12-18(26)13-21(27)24(17)30/h5-8,12-13,19,28H,2-4,9-11,14-15H2,1H3/t19-/m0/s1. The van der Waals surface area contributed by atoms with Crippen LogP contribution in [0.25, 0.3) is 10.9 Å². The van der Waals surface area contributed by atoms with Gasteiger partial charge in [-0.2, -0.15) is 0 Å². The van der Waals surface area contributed by atoms with Crippen molar-refractivity contribution in [1.82, 2.24) is 10.3 Å². The van der Waals surface area contributed by atoms with Crippen molar-refractivity contribution in [3.8, 4) is 11.5 Å². The number of pyridine rings is 1. The Morgan fingerprint density at radius 1 is 1.19 bits per heavy atom. The fraction of sp³-hybridized carbons (Fsp3) is 0.400. The van der Waals surface area contributed by atoms with E-state index in [9.17, 15) is 8.78 Å². The molecule has 0 fully saturated rings. The van der Waals surface area contributed by atoms with E-state index in [1.54, 1.807) is 0 Å². The van der Waals surface area contributed by atoms with E-state index in [-0.39, 0.29) is 6.10 Å². The molecule has 5 rings (SSSR count). The number of halogens is 2. The lowest BCUT2D eigenvalue weighted by molar-refractivity contribution is 0.0925. The minimum atomic E-state index is -0.500. The molecule has 0 saturated carbocycles. The zero-order valence-corrected chi connectivity index (χ0v) is 18.2. The molecule has 3 aromatic rings. The molecule has 1 N–H and O–H groups in total. The number of anilines is 1. The first-order valence-electron chi connectivity index (χ1n) is 11.2. The molecule has 2 aromatic carbocycles. The Balaban J connectivity index is 1.14. The second kappa shape index (κ2) is 8.90. The summed E-state index contributed by atoms with van der Waals surface area (Å²) in [5.74, 6) is 0.540. The zero-order valence-electron chi connectivity index (χ0n) is 18.2. The fourth-order valence-electron chi connectivity index (χ4n) is 4.60. The van der Waals surface area contributed by atoms with Gasteiger partial charge in [0.1, 0.15) is 24.3 Å². The summed E-state index contributed by atoms with van der Waals surface area (Å²) in [6, 6.07) is 10.3. The van der Waals surface area contributed by atoms with Crippen LogP contribution in [0, 0.1) is 18.6 Å². The van der Waals surface area contributed by atoms with Crippen LogP contribution in [0.3, 0.4) is 0 Å². The third kappa shape index (κ3) is 4.21. The van der Waals surface area contributed by atoms with Crippen LogP contribution in [0.4, 0.5) is 14.5 Å². The molecular weight excluding hydrogens is 412 g/mol. The van der Waals surface area contributed by atoms with Gasteiger partial charge >= 0.3 is 0 Å². The maximum atomic E-state index is 14.3. The predicted molar refractivity (Wildman–Crippen MR) is 121 cm³/mol. The van der Waals surface area contributed by atoms with E-state index in [0.29, 0.717) is 18.8 Å². The molecule has 7 heteroatoms. The second-order valence-corrected chi connectivity index (χ2v) is 8.51. The van der Waals surface area contributed by atoms with Crippen LogP contribution in [0.1, 0.15) is 24.1 Å². The molecule has 2 aliphatic rings. The van der Waals surface area contributed by atoms with Gasteiger partial charge in [-0.05, 0) is 68.6 Å². The largest absolute Gasteiger partial charge is 0.486 e. The molecule has 0 bridgehead atoms. The Morgan fingerprint density at radius 3 is 3.00 bits per heavy atom. The molecule has 1 aromatic heterocycles. The maximum Gasteiger partial charge on any atom is 0.171 e. The number of nitrogens with one attached hydrogen (secondary N) is 1. The van der Waals surface area contributed by atoms with Gasteiger partial charge in [0.15, 0.2) is 11.5 Å². The lowest BCUT2D eigenvalue weighted by Gasteiger charge is -2.32. The first-order chi connectivity index (χ1) is 15.6. The van der Waals surface area contributed by atoms with Crippen LogP contribution in [-0.4, -0.2) is 43.9 Å². The fourth-order valence-corrected chi connectivity index (χ4v) is 4.60. The highest BCUT2D eigenvalue weighted by Crippen LogP contribution is 2.38. The topological polar surface area (TPSA) is 46.6 Å². The van der Waals surface area contributed by atoms with E-state index in [2.05, 4.69) is 10.3 Å². The molecule has 1 atom stereocenters. The Labute approximate surface area is 186 Å². The van der Waals surface area contributed by atoms with Crippen molar-refractivity contribution in [2.75, 3.05) is 37.7 Å². The van der Waals surface area contributed by atoms with Gasteiger partial charge in [-0.1, -0.05) is 0 Å². The Bertz CT molecular complexity index is 1140. The van der Waals surface area contributed by atoms with Gasteiger partial charge in [-0.3, -0.25) is 4.98 Å². The summed E-state index contributed by atoms with van der Waals surface area (Å²) in [6.45, 7) is 5.41. The van der Waals surface area contributed by atoms with Crippen LogP contribution >= 0.6 is 0 Å². The summed E-state index contributed by atoms with van der Waals surface area (Å²) in [4.78, 5) is 6.60. The molecule has 0 radical (unpaired) electrons. The summed E-state index contributed by atoms with van der Waals surface area (Å²) in [7, 11) is 0. The number of hydrogen-bond donors (Lipinski definition) is 1. The average Bonchev–Trinajstić information content (AvgIpc) is 2.78. The molecule has 0 saturated heterocycles. The van der Waals surface area contributed by atoms with Crippen molar-refractivity contribution in [1.29, 1.82) is 0 Å². The molecule has 0 unspecified atom stereocenters. The first kappa shape index (κ1) is 20.9. The molecule has 168 valence electrons. The van der Waals surface area contributed by atoms with Crippen LogP contribution < -0.4 is 19.7 Å². The smallest absolute Gasteiger partial charge is 0.171 e. The number of benzene rings is 2. The Hall–Kier alpha value is -2.93. The van der Waals surface area contributed by atoms with Crippen molar-refractivity contribution >= 4 is 16.6 Å². The van der Waals surface area contributed by atoms with Crippen molar-refractivity contribution in [3.63, 3.8) is 0 Å². The van der Waals surface area contributed by atoms with Crippen LogP contribution in [0.5, 0.6) is 11.5 Å². The van der Waals surface area contributed by atoms with Crippen molar-refractivity contribution in [2.24, 2.45) is 0 Å². The number of fused-ring (bicyclic) bond motifs is 4. The van der Waals surface area contributed by atoms with Gasteiger partial charge in [-0.15, -0.1) is 0 Å². The molecule has 0 aliphatic carbocycles. The lowest BCUT2D eigenvalue weighted by Crippen LogP contribution is -2.39.